The zero-order chi connectivity index (χ0) is 17.0. The number of hydrogen-bond acceptors (Lipinski definition) is 5. The molecule has 1 amide bonds. The Labute approximate surface area is 134 Å². The van der Waals surface area contributed by atoms with Gasteiger partial charge in [0.15, 0.2) is 11.5 Å². The van der Waals surface area contributed by atoms with Gasteiger partial charge in [-0.3, -0.25) is 9.59 Å². The van der Waals surface area contributed by atoms with Crippen molar-refractivity contribution in [1.29, 1.82) is 0 Å². The SMILES string of the molecule is COc1ccc(NC(=O)CC2(C(=O)O)CCC2)c(OC)c1OC. The summed E-state index contributed by atoms with van der Waals surface area (Å²) in [6.45, 7) is 0. The maximum atomic E-state index is 12.2. The number of hydrogen-bond donors (Lipinski definition) is 2. The maximum absolute atomic E-state index is 12.2. The first-order valence-electron chi connectivity index (χ1n) is 7.29. The van der Waals surface area contributed by atoms with Crippen molar-refractivity contribution in [2.24, 2.45) is 5.41 Å². The number of benzene rings is 1. The van der Waals surface area contributed by atoms with Gasteiger partial charge in [0, 0.05) is 6.42 Å². The van der Waals surface area contributed by atoms with Crippen LogP contribution in [-0.2, 0) is 9.59 Å². The standard InChI is InChI=1S/C16H21NO6/c1-21-11-6-5-10(13(22-2)14(11)23-3)17-12(18)9-16(15(19)20)7-4-8-16/h5-6H,4,7-9H2,1-3H3,(H,17,18)(H,19,20). The number of carbonyl (C=O) groups excluding carboxylic acids is 1. The van der Waals surface area contributed by atoms with Crippen molar-refractivity contribution in [2.75, 3.05) is 26.6 Å². The van der Waals surface area contributed by atoms with E-state index in [0.29, 0.717) is 35.8 Å². The molecule has 2 rings (SSSR count). The van der Waals surface area contributed by atoms with E-state index in [2.05, 4.69) is 5.32 Å². The number of ether oxygens (including phenoxy) is 3. The summed E-state index contributed by atoms with van der Waals surface area (Å²) in [5.41, 5.74) is -0.525. The van der Waals surface area contributed by atoms with Gasteiger partial charge in [0.05, 0.1) is 32.4 Å². The molecule has 0 bridgehead atoms. The second kappa shape index (κ2) is 6.76. The number of aliphatic carboxylic acids is 1. The molecule has 0 radical (unpaired) electrons. The fourth-order valence-electron chi connectivity index (χ4n) is 2.77. The first kappa shape index (κ1) is 16.9. The van der Waals surface area contributed by atoms with E-state index in [4.69, 9.17) is 14.2 Å². The molecule has 1 aromatic rings. The molecule has 0 spiro atoms. The minimum atomic E-state index is -0.937. The molecule has 0 atom stereocenters. The van der Waals surface area contributed by atoms with Crippen molar-refractivity contribution in [2.45, 2.75) is 25.7 Å². The largest absolute Gasteiger partial charge is 0.493 e. The molecule has 0 heterocycles. The average molecular weight is 323 g/mol. The number of methoxy groups -OCH3 is 3. The third-order valence-electron chi connectivity index (χ3n) is 4.24. The normalized spacial score (nSPS) is 15.3. The van der Waals surface area contributed by atoms with Gasteiger partial charge in [0.2, 0.25) is 11.7 Å². The van der Waals surface area contributed by atoms with Crippen LogP contribution in [0.25, 0.3) is 0 Å². The monoisotopic (exact) mass is 323 g/mol. The van der Waals surface area contributed by atoms with Crippen LogP contribution in [0.2, 0.25) is 0 Å². The topological polar surface area (TPSA) is 94.1 Å². The summed E-state index contributed by atoms with van der Waals surface area (Å²) in [5, 5.41) is 12.0. The van der Waals surface area contributed by atoms with Crippen molar-refractivity contribution in [3.8, 4) is 17.2 Å². The van der Waals surface area contributed by atoms with Gasteiger partial charge in [-0.25, -0.2) is 0 Å². The third-order valence-corrected chi connectivity index (χ3v) is 4.24. The molecule has 1 aliphatic rings. The smallest absolute Gasteiger partial charge is 0.310 e. The fraction of sp³-hybridized carbons (Fsp3) is 0.500. The van der Waals surface area contributed by atoms with E-state index >= 15 is 0 Å². The molecule has 1 saturated carbocycles. The predicted molar refractivity (Wildman–Crippen MR) is 83.3 cm³/mol. The second-order valence-electron chi connectivity index (χ2n) is 5.55. The Hall–Kier alpha value is -2.44. The highest BCUT2D eigenvalue weighted by atomic mass is 16.5. The Kier molecular flexibility index (Phi) is 4.98. The second-order valence-corrected chi connectivity index (χ2v) is 5.55. The number of amides is 1. The molecule has 0 aromatic heterocycles. The summed E-state index contributed by atoms with van der Waals surface area (Å²) in [6, 6.07) is 3.28. The molecule has 7 heteroatoms. The minimum absolute atomic E-state index is 0.0557. The van der Waals surface area contributed by atoms with Gasteiger partial charge in [-0.2, -0.15) is 0 Å². The summed E-state index contributed by atoms with van der Waals surface area (Å²) >= 11 is 0. The summed E-state index contributed by atoms with van der Waals surface area (Å²) in [5.74, 6) is -0.110. The van der Waals surface area contributed by atoms with Crippen molar-refractivity contribution in [3.63, 3.8) is 0 Å². The quantitative estimate of drug-likeness (QED) is 0.799. The van der Waals surface area contributed by atoms with Gasteiger partial charge < -0.3 is 24.6 Å². The number of carbonyl (C=O) groups is 2. The summed E-state index contributed by atoms with van der Waals surface area (Å²) in [7, 11) is 4.43. The highest BCUT2D eigenvalue weighted by Crippen LogP contribution is 2.45. The van der Waals surface area contributed by atoms with E-state index < -0.39 is 11.4 Å². The fourth-order valence-corrected chi connectivity index (χ4v) is 2.77. The van der Waals surface area contributed by atoms with Crippen LogP contribution in [0, 0.1) is 5.41 Å². The van der Waals surface area contributed by atoms with Crippen LogP contribution in [0.4, 0.5) is 5.69 Å². The van der Waals surface area contributed by atoms with Crippen LogP contribution in [-0.4, -0.2) is 38.3 Å². The van der Waals surface area contributed by atoms with E-state index in [-0.39, 0.29) is 12.3 Å². The van der Waals surface area contributed by atoms with Gasteiger partial charge in [0.25, 0.3) is 0 Å². The first-order chi connectivity index (χ1) is 11.0. The number of anilines is 1. The molecule has 1 fully saturated rings. The summed E-state index contributed by atoms with van der Waals surface area (Å²) < 4.78 is 15.7. The van der Waals surface area contributed by atoms with Gasteiger partial charge in [-0.05, 0) is 25.0 Å². The van der Waals surface area contributed by atoms with Crippen LogP contribution >= 0.6 is 0 Å². The van der Waals surface area contributed by atoms with Gasteiger partial charge in [0.1, 0.15) is 0 Å². The molecular weight excluding hydrogens is 302 g/mol. The molecule has 0 aliphatic heterocycles. The molecule has 2 N–H and O–H groups in total. The highest BCUT2D eigenvalue weighted by molar-refractivity contribution is 5.96. The third kappa shape index (κ3) is 3.18. The lowest BCUT2D eigenvalue weighted by Gasteiger charge is -2.36. The molecule has 1 aliphatic carbocycles. The van der Waals surface area contributed by atoms with Crippen LogP contribution in [0.15, 0.2) is 12.1 Å². The Morgan fingerprint density at radius 3 is 2.22 bits per heavy atom. The highest BCUT2D eigenvalue weighted by Gasteiger charge is 2.46. The predicted octanol–water partition coefficient (Wildman–Crippen LogP) is 2.30. The Bertz CT molecular complexity index is 609. The Morgan fingerprint density at radius 2 is 1.78 bits per heavy atom. The lowest BCUT2D eigenvalue weighted by molar-refractivity contribution is -0.157. The molecule has 1 aromatic carbocycles. The number of carboxylic acids is 1. The molecule has 0 saturated heterocycles. The van der Waals surface area contributed by atoms with Crippen molar-refractivity contribution in [1.82, 2.24) is 0 Å². The summed E-state index contributed by atoms with van der Waals surface area (Å²) in [6.07, 6.45) is 1.83. The van der Waals surface area contributed by atoms with Crippen molar-refractivity contribution < 1.29 is 28.9 Å². The van der Waals surface area contributed by atoms with Crippen molar-refractivity contribution in [3.05, 3.63) is 12.1 Å². The van der Waals surface area contributed by atoms with E-state index in [1.165, 1.54) is 21.3 Å². The molecule has 0 unspecified atom stereocenters. The Balaban J connectivity index is 2.19. The van der Waals surface area contributed by atoms with Gasteiger partial charge >= 0.3 is 5.97 Å². The molecule has 23 heavy (non-hydrogen) atoms. The van der Waals surface area contributed by atoms with E-state index in [1.807, 2.05) is 0 Å². The van der Waals surface area contributed by atoms with Crippen LogP contribution in [0.1, 0.15) is 25.7 Å². The van der Waals surface area contributed by atoms with Crippen molar-refractivity contribution >= 4 is 17.6 Å². The Morgan fingerprint density at radius 1 is 1.13 bits per heavy atom. The van der Waals surface area contributed by atoms with Gasteiger partial charge in [-0.1, -0.05) is 6.42 Å². The average Bonchev–Trinajstić information content (AvgIpc) is 2.49. The van der Waals surface area contributed by atoms with Gasteiger partial charge in [-0.15, -0.1) is 0 Å². The molecular formula is C16H21NO6. The number of carboxylic acid groups (broad SMARTS) is 1. The van der Waals surface area contributed by atoms with E-state index in [1.54, 1.807) is 12.1 Å². The zero-order valence-electron chi connectivity index (χ0n) is 13.5. The number of rotatable bonds is 7. The van der Waals surface area contributed by atoms with Crippen LogP contribution in [0.3, 0.4) is 0 Å². The molecule has 7 nitrogen and oxygen atoms in total. The number of nitrogens with one attached hydrogen (secondary N) is 1. The van der Waals surface area contributed by atoms with E-state index in [9.17, 15) is 14.7 Å². The summed E-state index contributed by atoms with van der Waals surface area (Å²) in [4.78, 5) is 23.6. The first-order valence-corrected chi connectivity index (χ1v) is 7.29. The van der Waals surface area contributed by atoms with Crippen LogP contribution < -0.4 is 19.5 Å². The maximum Gasteiger partial charge on any atom is 0.310 e. The lowest BCUT2D eigenvalue weighted by Crippen LogP contribution is -2.41. The zero-order valence-corrected chi connectivity index (χ0v) is 13.5. The van der Waals surface area contributed by atoms with E-state index in [0.717, 1.165) is 6.42 Å². The lowest BCUT2D eigenvalue weighted by atomic mass is 9.66. The minimum Gasteiger partial charge on any atom is -0.493 e. The molecule has 126 valence electrons. The van der Waals surface area contributed by atoms with Crippen LogP contribution in [0.5, 0.6) is 17.2 Å².